The molecule has 1 aliphatic heterocycles. The summed E-state index contributed by atoms with van der Waals surface area (Å²) in [4.78, 5) is 16.5. The van der Waals surface area contributed by atoms with Crippen LogP contribution in [0.25, 0.3) is 0 Å². The summed E-state index contributed by atoms with van der Waals surface area (Å²) in [5.41, 5.74) is 3.39. The fourth-order valence-corrected chi connectivity index (χ4v) is 3.26. The van der Waals surface area contributed by atoms with Crippen molar-refractivity contribution in [1.29, 1.82) is 0 Å². The molecule has 1 unspecified atom stereocenters. The standard InChI is InChI=1S/C21H26ClN3O2/c1-24(2)14-17-5-3-16(4-6-17)13-23-21(26)25-11-12-27-20(15-25)18-7-9-19(22)10-8-18/h3-10,20H,11-15H2,1-2H3,(H,23,26). The third kappa shape index (κ3) is 5.70. The Morgan fingerprint density at radius 1 is 1.15 bits per heavy atom. The van der Waals surface area contributed by atoms with E-state index >= 15 is 0 Å². The lowest BCUT2D eigenvalue weighted by Gasteiger charge is -2.33. The Hall–Kier alpha value is -2.08. The van der Waals surface area contributed by atoms with Crippen molar-refractivity contribution in [2.24, 2.45) is 0 Å². The zero-order valence-corrected chi connectivity index (χ0v) is 16.6. The van der Waals surface area contributed by atoms with E-state index in [1.807, 2.05) is 43.3 Å². The van der Waals surface area contributed by atoms with Crippen LogP contribution in [0.4, 0.5) is 4.79 Å². The van der Waals surface area contributed by atoms with Crippen LogP contribution >= 0.6 is 11.6 Å². The molecule has 5 nitrogen and oxygen atoms in total. The molecule has 0 spiro atoms. The van der Waals surface area contributed by atoms with Gasteiger partial charge in [-0.15, -0.1) is 0 Å². The van der Waals surface area contributed by atoms with Gasteiger partial charge in [0, 0.05) is 24.7 Å². The Labute approximate surface area is 165 Å². The Morgan fingerprint density at radius 3 is 2.48 bits per heavy atom. The van der Waals surface area contributed by atoms with Gasteiger partial charge in [0.2, 0.25) is 0 Å². The number of nitrogens with zero attached hydrogens (tertiary/aromatic N) is 2. The molecule has 1 aliphatic rings. The first-order valence-corrected chi connectivity index (χ1v) is 9.51. The third-order valence-electron chi connectivity index (χ3n) is 4.56. The molecular weight excluding hydrogens is 362 g/mol. The van der Waals surface area contributed by atoms with E-state index in [1.165, 1.54) is 5.56 Å². The molecule has 27 heavy (non-hydrogen) atoms. The molecule has 3 rings (SSSR count). The van der Waals surface area contributed by atoms with Gasteiger partial charge >= 0.3 is 6.03 Å². The summed E-state index contributed by atoms with van der Waals surface area (Å²) in [7, 11) is 4.10. The normalized spacial score (nSPS) is 17.2. The number of halogens is 1. The number of carbonyl (C=O) groups is 1. The smallest absolute Gasteiger partial charge is 0.317 e. The summed E-state index contributed by atoms with van der Waals surface area (Å²) in [6, 6.07) is 15.9. The molecule has 1 saturated heterocycles. The minimum atomic E-state index is -0.118. The monoisotopic (exact) mass is 387 g/mol. The SMILES string of the molecule is CN(C)Cc1ccc(CNC(=O)N2CCOC(c3ccc(Cl)cc3)C2)cc1. The van der Waals surface area contributed by atoms with Crippen molar-refractivity contribution in [2.45, 2.75) is 19.2 Å². The lowest BCUT2D eigenvalue weighted by molar-refractivity contribution is -0.0154. The molecule has 1 atom stereocenters. The van der Waals surface area contributed by atoms with E-state index in [9.17, 15) is 4.79 Å². The van der Waals surface area contributed by atoms with Crippen LogP contribution < -0.4 is 5.32 Å². The van der Waals surface area contributed by atoms with Crippen molar-refractivity contribution in [2.75, 3.05) is 33.8 Å². The Morgan fingerprint density at radius 2 is 1.81 bits per heavy atom. The van der Waals surface area contributed by atoms with Gasteiger partial charge in [0.1, 0.15) is 6.10 Å². The van der Waals surface area contributed by atoms with Gasteiger partial charge in [-0.1, -0.05) is 48.0 Å². The van der Waals surface area contributed by atoms with Crippen LogP contribution in [0.5, 0.6) is 0 Å². The van der Waals surface area contributed by atoms with Crippen LogP contribution in [0.2, 0.25) is 5.02 Å². The molecule has 0 bridgehead atoms. The second-order valence-electron chi connectivity index (χ2n) is 7.07. The van der Waals surface area contributed by atoms with Gasteiger partial charge in [0.05, 0.1) is 13.2 Å². The highest BCUT2D eigenvalue weighted by atomic mass is 35.5. The van der Waals surface area contributed by atoms with Gasteiger partial charge in [-0.3, -0.25) is 0 Å². The highest BCUT2D eigenvalue weighted by Crippen LogP contribution is 2.23. The third-order valence-corrected chi connectivity index (χ3v) is 4.81. The van der Waals surface area contributed by atoms with Crippen molar-refractivity contribution >= 4 is 17.6 Å². The molecule has 6 heteroatoms. The maximum atomic E-state index is 12.5. The van der Waals surface area contributed by atoms with Crippen LogP contribution in [-0.4, -0.2) is 49.6 Å². The van der Waals surface area contributed by atoms with Crippen LogP contribution in [0.3, 0.4) is 0 Å². The second kappa shape index (κ2) is 9.22. The number of urea groups is 1. The van der Waals surface area contributed by atoms with Crippen molar-refractivity contribution < 1.29 is 9.53 Å². The predicted molar refractivity (Wildman–Crippen MR) is 108 cm³/mol. The second-order valence-corrected chi connectivity index (χ2v) is 7.51. The molecule has 0 aliphatic carbocycles. The van der Waals surface area contributed by atoms with E-state index < -0.39 is 0 Å². The number of rotatable bonds is 5. The first-order chi connectivity index (χ1) is 13.0. The summed E-state index contributed by atoms with van der Waals surface area (Å²) < 4.78 is 5.82. The van der Waals surface area contributed by atoms with Crippen LogP contribution in [-0.2, 0) is 17.8 Å². The quantitative estimate of drug-likeness (QED) is 0.851. The van der Waals surface area contributed by atoms with Gasteiger partial charge in [-0.2, -0.15) is 0 Å². The Kier molecular flexibility index (Phi) is 6.72. The molecule has 2 aromatic carbocycles. The van der Waals surface area contributed by atoms with Crippen LogP contribution in [0.1, 0.15) is 22.8 Å². The van der Waals surface area contributed by atoms with E-state index in [1.54, 1.807) is 0 Å². The number of amides is 2. The Bertz CT molecular complexity index is 747. The Balaban J connectivity index is 1.52. The van der Waals surface area contributed by atoms with Crippen LogP contribution in [0.15, 0.2) is 48.5 Å². The zero-order chi connectivity index (χ0) is 19.2. The number of carbonyl (C=O) groups excluding carboxylic acids is 1. The molecule has 0 radical (unpaired) electrons. The number of hydrogen-bond acceptors (Lipinski definition) is 3. The number of benzene rings is 2. The van der Waals surface area contributed by atoms with E-state index in [2.05, 4.69) is 34.5 Å². The van der Waals surface area contributed by atoms with Gasteiger partial charge < -0.3 is 19.9 Å². The van der Waals surface area contributed by atoms with Gasteiger partial charge in [-0.05, 0) is 42.9 Å². The van der Waals surface area contributed by atoms with Gasteiger partial charge in [-0.25, -0.2) is 4.79 Å². The van der Waals surface area contributed by atoms with E-state index in [4.69, 9.17) is 16.3 Å². The fourth-order valence-electron chi connectivity index (χ4n) is 3.13. The molecule has 144 valence electrons. The zero-order valence-electron chi connectivity index (χ0n) is 15.8. The minimum Gasteiger partial charge on any atom is -0.370 e. The first kappa shape index (κ1) is 19.7. The van der Waals surface area contributed by atoms with Crippen molar-refractivity contribution in [3.05, 3.63) is 70.2 Å². The maximum Gasteiger partial charge on any atom is 0.317 e. The highest BCUT2D eigenvalue weighted by Gasteiger charge is 2.25. The van der Waals surface area contributed by atoms with Crippen molar-refractivity contribution in [1.82, 2.24) is 15.1 Å². The molecule has 1 fully saturated rings. The van der Waals surface area contributed by atoms with Crippen molar-refractivity contribution in [3.8, 4) is 0 Å². The average Bonchev–Trinajstić information content (AvgIpc) is 2.67. The lowest BCUT2D eigenvalue weighted by Crippen LogP contribution is -2.46. The number of morpholine rings is 1. The van der Waals surface area contributed by atoms with E-state index in [0.717, 1.165) is 17.7 Å². The van der Waals surface area contributed by atoms with Gasteiger partial charge in [0.25, 0.3) is 0 Å². The fraction of sp³-hybridized carbons (Fsp3) is 0.381. The van der Waals surface area contributed by atoms with Crippen molar-refractivity contribution in [3.63, 3.8) is 0 Å². The highest BCUT2D eigenvalue weighted by molar-refractivity contribution is 6.30. The molecule has 0 saturated carbocycles. The summed E-state index contributed by atoms with van der Waals surface area (Å²) in [5.74, 6) is 0. The molecule has 2 amide bonds. The molecule has 2 aromatic rings. The minimum absolute atomic E-state index is 0.0605. The largest absolute Gasteiger partial charge is 0.370 e. The first-order valence-electron chi connectivity index (χ1n) is 9.13. The summed E-state index contributed by atoms with van der Waals surface area (Å²) in [6.07, 6.45) is -0.118. The number of ether oxygens (including phenoxy) is 1. The van der Waals surface area contributed by atoms with E-state index in [-0.39, 0.29) is 12.1 Å². The molecule has 1 heterocycles. The molecular formula is C21H26ClN3O2. The number of nitrogens with one attached hydrogen (secondary N) is 1. The average molecular weight is 388 g/mol. The summed E-state index contributed by atoms with van der Waals surface area (Å²) in [6.45, 7) is 3.09. The van der Waals surface area contributed by atoms with Crippen LogP contribution in [0, 0.1) is 0 Å². The van der Waals surface area contributed by atoms with Gasteiger partial charge in [0.15, 0.2) is 0 Å². The summed E-state index contributed by atoms with van der Waals surface area (Å²) in [5, 5.41) is 3.71. The lowest BCUT2D eigenvalue weighted by atomic mass is 10.1. The van der Waals surface area contributed by atoms with E-state index in [0.29, 0.717) is 31.3 Å². The number of hydrogen-bond donors (Lipinski definition) is 1. The summed E-state index contributed by atoms with van der Waals surface area (Å²) >= 11 is 5.95. The maximum absolute atomic E-state index is 12.5. The molecule has 1 N–H and O–H groups in total. The topological polar surface area (TPSA) is 44.8 Å². The predicted octanol–water partition coefficient (Wildman–Crippen LogP) is 3.68. The molecule has 0 aromatic heterocycles.